The Morgan fingerprint density at radius 2 is 1.81 bits per heavy atom. The normalized spacial score (nSPS) is 10.6. The quantitative estimate of drug-likeness (QED) is 0.211. The van der Waals surface area contributed by atoms with Crippen molar-refractivity contribution in [2.24, 2.45) is 10.1 Å². The Morgan fingerprint density at radius 1 is 1.08 bits per heavy atom. The molecule has 2 heterocycles. The zero-order chi connectivity index (χ0) is 26.2. The average molecular weight is 488 g/mol. The highest BCUT2D eigenvalue weighted by Gasteiger charge is 2.19. The number of hydrogen-bond donors (Lipinski definition) is 1. The molecule has 1 amide bonds. The van der Waals surface area contributed by atoms with Crippen molar-refractivity contribution in [3.63, 3.8) is 0 Å². The van der Waals surface area contributed by atoms with Gasteiger partial charge in [0.1, 0.15) is 0 Å². The van der Waals surface area contributed by atoms with E-state index >= 15 is 0 Å². The van der Waals surface area contributed by atoms with E-state index < -0.39 is 24.6 Å². The number of ether oxygens (including phenoxy) is 2. The lowest BCUT2D eigenvalue weighted by Crippen LogP contribution is -2.20. The number of aryl methyl sites for hydroxylation is 2. The Kier molecular flexibility index (Phi) is 8.24. The fourth-order valence-electron chi connectivity index (χ4n) is 3.38. The summed E-state index contributed by atoms with van der Waals surface area (Å²) in [6, 6.07) is 11.7. The first-order chi connectivity index (χ1) is 17.2. The number of nitrogens with zero attached hydrogens (tertiary/aromatic N) is 4. The highest BCUT2D eigenvalue weighted by molar-refractivity contribution is 5.99. The van der Waals surface area contributed by atoms with Crippen LogP contribution in [-0.4, -0.2) is 47.1 Å². The van der Waals surface area contributed by atoms with Gasteiger partial charge >= 0.3 is 11.9 Å². The number of hydrazone groups is 1. The van der Waals surface area contributed by atoms with Crippen LogP contribution < -0.4 is 5.43 Å². The molecule has 0 saturated heterocycles. The van der Waals surface area contributed by atoms with Crippen LogP contribution in [0.3, 0.4) is 0 Å². The number of aliphatic imine (C=N–C) groups is 1. The Labute approximate surface area is 208 Å². The molecule has 36 heavy (non-hydrogen) atoms. The van der Waals surface area contributed by atoms with E-state index in [-0.39, 0.29) is 11.1 Å². The standard InChI is InChI=1S/C26H25N5O5/c1-6-19-9-11-21(29-24(19)27-5)14-28-30-25(33)20-10-12-22(26(34)36-15-35-18(4)32)23(13-20)31-16(2)7-8-17(31)3/h6-14H,1,5,15H2,2-4H3,(H,30,33)/b28-14+. The monoisotopic (exact) mass is 487 g/mol. The summed E-state index contributed by atoms with van der Waals surface area (Å²) in [5.74, 6) is -1.38. The number of hydrogen-bond acceptors (Lipinski definition) is 8. The maximum atomic E-state index is 12.8. The molecule has 0 radical (unpaired) electrons. The van der Waals surface area contributed by atoms with Crippen LogP contribution in [0.15, 0.2) is 59.1 Å². The third-order valence-corrected chi connectivity index (χ3v) is 5.10. The number of carbonyl (C=O) groups is 3. The van der Waals surface area contributed by atoms with E-state index in [9.17, 15) is 14.4 Å². The second-order valence-corrected chi connectivity index (χ2v) is 7.58. The second-order valence-electron chi connectivity index (χ2n) is 7.58. The second kappa shape index (κ2) is 11.5. The van der Waals surface area contributed by atoms with E-state index in [1.807, 2.05) is 30.5 Å². The van der Waals surface area contributed by atoms with Gasteiger partial charge in [0.2, 0.25) is 6.79 Å². The molecular weight excluding hydrogens is 462 g/mol. The molecule has 0 unspecified atom stereocenters. The minimum Gasteiger partial charge on any atom is -0.428 e. The molecule has 1 N–H and O–H groups in total. The maximum Gasteiger partial charge on any atom is 0.343 e. The molecule has 184 valence electrons. The number of nitrogens with one attached hydrogen (secondary N) is 1. The lowest BCUT2D eigenvalue weighted by molar-refractivity contribution is -0.149. The van der Waals surface area contributed by atoms with Crippen LogP contribution in [0.5, 0.6) is 0 Å². The number of esters is 2. The van der Waals surface area contributed by atoms with Crippen molar-refractivity contribution in [3.05, 3.63) is 82.8 Å². The summed E-state index contributed by atoms with van der Waals surface area (Å²) in [7, 11) is 0. The summed E-state index contributed by atoms with van der Waals surface area (Å²) < 4.78 is 11.6. The lowest BCUT2D eigenvalue weighted by atomic mass is 10.1. The Hall–Kier alpha value is -4.86. The number of rotatable bonds is 9. The van der Waals surface area contributed by atoms with Gasteiger partial charge in [0, 0.05) is 29.4 Å². The molecule has 0 aliphatic heterocycles. The SMILES string of the molecule is C=Cc1ccc(/C=N/NC(=O)c2ccc(C(=O)OCOC(C)=O)c(-n3c(C)ccc3C)c2)nc1N=C. The van der Waals surface area contributed by atoms with Crippen molar-refractivity contribution >= 4 is 42.7 Å². The number of pyridine rings is 1. The molecule has 2 aromatic heterocycles. The van der Waals surface area contributed by atoms with Gasteiger partial charge in [0.15, 0.2) is 5.82 Å². The molecule has 0 aliphatic rings. The van der Waals surface area contributed by atoms with Gasteiger partial charge in [-0.15, -0.1) is 0 Å². The minimum atomic E-state index is -0.704. The van der Waals surface area contributed by atoms with Crippen LogP contribution in [-0.2, 0) is 14.3 Å². The topological polar surface area (TPSA) is 124 Å². The van der Waals surface area contributed by atoms with Crippen LogP contribution in [0.4, 0.5) is 5.82 Å². The molecule has 3 aromatic rings. The fourth-order valence-corrected chi connectivity index (χ4v) is 3.38. The summed E-state index contributed by atoms with van der Waals surface area (Å²) in [6.45, 7) is 11.6. The zero-order valence-corrected chi connectivity index (χ0v) is 20.1. The number of amides is 1. The van der Waals surface area contributed by atoms with Gasteiger partial charge < -0.3 is 14.0 Å². The van der Waals surface area contributed by atoms with E-state index in [0.29, 0.717) is 17.2 Å². The summed E-state index contributed by atoms with van der Waals surface area (Å²) in [4.78, 5) is 44.6. The maximum absolute atomic E-state index is 12.8. The summed E-state index contributed by atoms with van der Waals surface area (Å²) in [5, 5.41) is 3.97. The van der Waals surface area contributed by atoms with E-state index in [1.165, 1.54) is 25.3 Å². The first kappa shape index (κ1) is 25.8. The van der Waals surface area contributed by atoms with Gasteiger partial charge in [-0.25, -0.2) is 20.2 Å². The lowest BCUT2D eigenvalue weighted by Gasteiger charge is -2.15. The van der Waals surface area contributed by atoms with E-state index in [0.717, 1.165) is 17.0 Å². The summed E-state index contributed by atoms with van der Waals surface area (Å²) >= 11 is 0. The van der Waals surface area contributed by atoms with Crippen LogP contribution >= 0.6 is 0 Å². The molecular formula is C26H25N5O5. The van der Waals surface area contributed by atoms with Gasteiger partial charge in [-0.3, -0.25) is 9.59 Å². The molecule has 0 bridgehead atoms. The molecule has 0 aliphatic carbocycles. The molecule has 3 rings (SSSR count). The molecule has 10 heteroatoms. The van der Waals surface area contributed by atoms with Crippen molar-refractivity contribution in [1.82, 2.24) is 15.0 Å². The van der Waals surface area contributed by atoms with Crippen molar-refractivity contribution in [2.75, 3.05) is 6.79 Å². The first-order valence-corrected chi connectivity index (χ1v) is 10.8. The summed E-state index contributed by atoms with van der Waals surface area (Å²) in [6.07, 6.45) is 2.99. The van der Waals surface area contributed by atoms with Crippen LogP contribution in [0, 0.1) is 13.8 Å². The van der Waals surface area contributed by atoms with Crippen molar-refractivity contribution in [1.29, 1.82) is 0 Å². The molecule has 1 aromatic carbocycles. The predicted octanol–water partition coefficient (Wildman–Crippen LogP) is 3.91. The third-order valence-electron chi connectivity index (χ3n) is 5.10. The van der Waals surface area contributed by atoms with Crippen molar-refractivity contribution in [2.45, 2.75) is 20.8 Å². The molecule has 10 nitrogen and oxygen atoms in total. The number of carbonyl (C=O) groups excluding carboxylic acids is 3. The van der Waals surface area contributed by atoms with Gasteiger partial charge in [-0.2, -0.15) is 5.10 Å². The first-order valence-electron chi connectivity index (χ1n) is 10.8. The van der Waals surface area contributed by atoms with Crippen molar-refractivity contribution in [3.8, 4) is 5.69 Å². The summed E-state index contributed by atoms with van der Waals surface area (Å²) in [5.41, 5.74) is 6.22. The van der Waals surface area contributed by atoms with E-state index in [4.69, 9.17) is 9.47 Å². The van der Waals surface area contributed by atoms with Gasteiger partial charge in [-0.1, -0.05) is 12.7 Å². The molecule has 0 fully saturated rings. The Bertz CT molecular complexity index is 1350. The fraction of sp³-hybridized carbons (Fsp3) is 0.154. The third kappa shape index (κ3) is 5.98. The average Bonchev–Trinajstić information content (AvgIpc) is 3.20. The molecule has 0 atom stereocenters. The van der Waals surface area contributed by atoms with Crippen LogP contribution in [0.2, 0.25) is 0 Å². The minimum absolute atomic E-state index is 0.195. The Morgan fingerprint density at radius 3 is 2.44 bits per heavy atom. The number of aromatic nitrogens is 2. The largest absolute Gasteiger partial charge is 0.428 e. The highest BCUT2D eigenvalue weighted by atomic mass is 16.7. The molecule has 0 saturated carbocycles. The number of benzene rings is 1. The smallest absolute Gasteiger partial charge is 0.343 e. The van der Waals surface area contributed by atoms with Crippen LogP contribution in [0.25, 0.3) is 11.8 Å². The van der Waals surface area contributed by atoms with Crippen molar-refractivity contribution < 1.29 is 23.9 Å². The van der Waals surface area contributed by atoms with Gasteiger partial charge in [-0.05, 0) is 63.0 Å². The van der Waals surface area contributed by atoms with E-state index in [2.05, 4.69) is 33.8 Å². The highest BCUT2D eigenvalue weighted by Crippen LogP contribution is 2.23. The van der Waals surface area contributed by atoms with Crippen LogP contribution in [0.1, 0.15) is 50.3 Å². The Balaban J connectivity index is 1.86. The van der Waals surface area contributed by atoms with Gasteiger partial charge in [0.05, 0.1) is 23.2 Å². The zero-order valence-electron chi connectivity index (χ0n) is 20.1. The predicted molar refractivity (Wildman–Crippen MR) is 136 cm³/mol. The van der Waals surface area contributed by atoms with Gasteiger partial charge in [0.25, 0.3) is 5.91 Å². The molecule has 0 spiro atoms. The van der Waals surface area contributed by atoms with E-state index in [1.54, 1.807) is 24.3 Å².